The average Bonchev–Trinajstić information content (AvgIpc) is 2.63. The Morgan fingerprint density at radius 3 is 2.59 bits per heavy atom. The first-order chi connectivity index (χ1) is 7.89. The zero-order valence-electron chi connectivity index (χ0n) is 8.54. The highest BCUT2D eigenvalue weighted by Gasteiger charge is 2.20. The second kappa shape index (κ2) is 3.79. The van der Waals surface area contributed by atoms with Crippen molar-refractivity contribution >= 4 is 32.7 Å². The summed E-state index contributed by atoms with van der Waals surface area (Å²) in [6, 6.07) is 2.39. The molecule has 0 spiro atoms. The van der Waals surface area contributed by atoms with E-state index < -0.39 is 15.0 Å². The van der Waals surface area contributed by atoms with Gasteiger partial charge < -0.3 is 5.32 Å². The van der Waals surface area contributed by atoms with Crippen LogP contribution in [0.25, 0.3) is 11.0 Å². The van der Waals surface area contributed by atoms with Gasteiger partial charge in [-0.3, -0.25) is 9.35 Å². The summed E-state index contributed by atoms with van der Waals surface area (Å²) in [6.45, 7) is 1.29. The van der Waals surface area contributed by atoms with E-state index in [0.717, 1.165) is 6.07 Å². The molecule has 2 rings (SSSR count). The lowest BCUT2D eigenvalue weighted by atomic mass is 10.2. The second-order valence-electron chi connectivity index (χ2n) is 3.23. The predicted molar refractivity (Wildman–Crippen MR) is 55.9 cm³/mol. The fourth-order valence-electron chi connectivity index (χ4n) is 1.34. The zero-order valence-corrected chi connectivity index (χ0v) is 9.35. The third-order valence-corrected chi connectivity index (χ3v) is 2.85. The molecule has 0 saturated carbocycles. The SMILES string of the molecule is CC(=O)Nc1ccc(S(=O)(=O)O)c2nonc12. The Labute approximate surface area is 95.3 Å². The van der Waals surface area contributed by atoms with Crippen LogP contribution in [0.15, 0.2) is 21.7 Å². The van der Waals surface area contributed by atoms with E-state index in [-0.39, 0.29) is 22.6 Å². The van der Waals surface area contributed by atoms with Gasteiger partial charge in [0, 0.05) is 6.92 Å². The molecule has 1 amide bonds. The highest BCUT2D eigenvalue weighted by molar-refractivity contribution is 7.86. The average molecular weight is 257 g/mol. The van der Waals surface area contributed by atoms with E-state index in [2.05, 4.69) is 20.3 Å². The number of fused-ring (bicyclic) bond motifs is 1. The number of carbonyl (C=O) groups is 1. The van der Waals surface area contributed by atoms with Gasteiger partial charge in [0.15, 0.2) is 11.0 Å². The molecule has 0 bridgehead atoms. The number of anilines is 1. The molecule has 0 unspecified atom stereocenters. The van der Waals surface area contributed by atoms with Crippen LogP contribution in [-0.2, 0) is 14.9 Å². The topological polar surface area (TPSA) is 122 Å². The van der Waals surface area contributed by atoms with Crippen LogP contribution in [0.2, 0.25) is 0 Å². The molecular formula is C8H7N3O5S. The van der Waals surface area contributed by atoms with Crippen LogP contribution < -0.4 is 5.32 Å². The molecule has 2 N–H and O–H groups in total. The third-order valence-electron chi connectivity index (χ3n) is 1.97. The molecule has 0 saturated heterocycles. The molecule has 0 radical (unpaired) electrons. The van der Waals surface area contributed by atoms with Crippen molar-refractivity contribution < 1.29 is 22.4 Å². The molecule has 0 aliphatic heterocycles. The number of nitrogens with zero attached hydrogens (tertiary/aromatic N) is 2. The minimum atomic E-state index is -4.42. The second-order valence-corrected chi connectivity index (χ2v) is 4.62. The highest BCUT2D eigenvalue weighted by Crippen LogP contribution is 2.26. The molecule has 1 heterocycles. The Morgan fingerprint density at radius 1 is 1.35 bits per heavy atom. The molecule has 17 heavy (non-hydrogen) atoms. The van der Waals surface area contributed by atoms with Crippen molar-refractivity contribution in [3.8, 4) is 0 Å². The smallest absolute Gasteiger partial charge is 0.296 e. The fourth-order valence-corrected chi connectivity index (χ4v) is 1.96. The number of hydrogen-bond donors (Lipinski definition) is 2. The number of hydrogen-bond acceptors (Lipinski definition) is 6. The van der Waals surface area contributed by atoms with E-state index >= 15 is 0 Å². The van der Waals surface area contributed by atoms with Gasteiger partial charge in [0.1, 0.15) is 4.90 Å². The number of carbonyl (C=O) groups excluding carboxylic acids is 1. The Kier molecular flexibility index (Phi) is 2.56. The van der Waals surface area contributed by atoms with E-state index in [9.17, 15) is 13.2 Å². The van der Waals surface area contributed by atoms with Crippen molar-refractivity contribution in [1.29, 1.82) is 0 Å². The summed E-state index contributed by atoms with van der Waals surface area (Å²) in [7, 11) is -4.42. The Morgan fingerprint density at radius 2 is 2.00 bits per heavy atom. The van der Waals surface area contributed by atoms with Gasteiger partial charge in [0.2, 0.25) is 5.91 Å². The van der Waals surface area contributed by atoms with Crippen molar-refractivity contribution in [3.05, 3.63) is 12.1 Å². The summed E-state index contributed by atoms with van der Waals surface area (Å²) in [5.74, 6) is -0.353. The first-order valence-electron chi connectivity index (χ1n) is 4.40. The first-order valence-corrected chi connectivity index (χ1v) is 5.84. The van der Waals surface area contributed by atoms with Gasteiger partial charge >= 0.3 is 0 Å². The summed E-state index contributed by atoms with van der Waals surface area (Å²) in [4.78, 5) is 10.5. The molecule has 0 fully saturated rings. The summed E-state index contributed by atoms with van der Waals surface area (Å²) in [5.41, 5.74) is 0.162. The van der Waals surface area contributed by atoms with Crippen LogP contribution in [0.1, 0.15) is 6.92 Å². The zero-order chi connectivity index (χ0) is 12.6. The highest BCUT2D eigenvalue weighted by atomic mass is 32.2. The standard InChI is InChI=1S/C8H7N3O5S/c1-4(12)9-5-2-3-6(17(13,14)15)8-7(5)10-16-11-8/h2-3H,1H3,(H,9,12)(H,13,14,15). The maximum absolute atomic E-state index is 11.0. The summed E-state index contributed by atoms with van der Waals surface area (Å²) >= 11 is 0. The molecule has 8 nitrogen and oxygen atoms in total. The normalized spacial score (nSPS) is 11.6. The van der Waals surface area contributed by atoms with Crippen molar-refractivity contribution in [2.24, 2.45) is 0 Å². The third kappa shape index (κ3) is 2.10. The van der Waals surface area contributed by atoms with Crippen molar-refractivity contribution in [3.63, 3.8) is 0 Å². The molecule has 1 aromatic heterocycles. The molecule has 2 aromatic rings. The van der Waals surface area contributed by atoms with E-state index in [1.165, 1.54) is 13.0 Å². The van der Waals surface area contributed by atoms with Crippen LogP contribution >= 0.6 is 0 Å². The number of amides is 1. The minimum absolute atomic E-state index is 0.0512. The Hall–Kier alpha value is -2.00. The van der Waals surface area contributed by atoms with Gasteiger partial charge in [-0.2, -0.15) is 8.42 Å². The van der Waals surface area contributed by atoms with Gasteiger partial charge in [0.05, 0.1) is 5.69 Å². The van der Waals surface area contributed by atoms with E-state index in [4.69, 9.17) is 4.55 Å². The Bertz CT molecular complexity index is 690. The van der Waals surface area contributed by atoms with Crippen molar-refractivity contribution in [2.45, 2.75) is 11.8 Å². The molecule has 90 valence electrons. The molecule has 1 aromatic carbocycles. The predicted octanol–water partition coefficient (Wildman–Crippen LogP) is 0.428. The number of benzene rings is 1. The van der Waals surface area contributed by atoms with Crippen LogP contribution in [0.3, 0.4) is 0 Å². The van der Waals surface area contributed by atoms with Crippen LogP contribution in [0.5, 0.6) is 0 Å². The number of rotatable bonds is 2. The lowest BCUT2D eigenvalue weighted by molar-refractivity contribution is -0.114. The molecule has 0 aliphatic rings. The molecule has 0 aliphatic carbocycles. The quantitative estimate of drug-likeness (QED) is 0.747. The minimum Gasteiger partial charge on any atom is -0.324 e. The van der Waals surface area contributed by atoms with E-state index in [1.807, 2.05) is 0 Å². The van der Waals surface area contributed by atoms with Gasteiger partial charge in [-0.1, -0.05) is 0 Å². The van der Waals surface area contributed by atoms with Gasteiger partial charge in [-0.25, -0.2) is 4.63 Å². The van der Waals surface area contributed by atoms with E-state index in [0.29, 0.717) is 0 Å². The molecule has 9 heteroatoms. The van der Waals surface area contributed by atoms with Crippen LogP contribution in [0.4, 0.5) is 5.69 Å². The van der Waals surface area contributed by atoms with Gasteiger partial charge in [-0.05, 0) is 22.4 Å². The first kappa shape index (κ1) is 11.5. The summed E-state index contributed by atoms with van der Waals surface area (Å²) < 4.78 is 35.4. The number of nitrogens with one attached hydrogen (secondary N) is 1. The monoisotopic (exact) mass is 257 g/mol. The number of aromatic nitrogens is 2. The van der Waals surface area contributed by atoms with Crippen LogP contribution in [0, 0.1) is 0 Å². The lowest BCUT2D eigenvalue weighted by Gasteiger charge is -2.03. The van der Waals surface area contributed by atoms with Crippen molar-refractivity contribution in [2.75, 3.05) is 5.32 Å². The Balaban J connectivity index is 2.71. The molecule has 0 atom stereocenters. The van der Waals surface area contributed by atoms with Crippen molar-refractivity contribution in [1.82, 2.24) is 10.3 Å². The van der Waals surface area contributed by atoms with E-state index in [1.54, 1.807) is 0 Å². The van der Waals surface area contributed by atoms with Gasteiger partial charge in [0.25, 0.3) is 10.1 Å². The van der Waals surface area contributed by atoms with Crippen LogP contribution in [-0.4, -0.2) is 29.2 Å². The molecular weight excluding hydrogens is 250 g/mol. The van der Waals surface area contributed by atoms with Gasteiger partial charge in [-0.15, -0.1) is 0 Å². The maximum atomic E-state index is 11.0. The largest absolute Gasteiger partial charge is 0.324 e. The lowest BCUT2D eigenvalue weighted by Crippen LogP contribution is -2.07. The maximum Gasteiger partial charge on any atom is 0.296 e. The summed E-state index contributed by atoms with van der Waals surface area (Å²) in [5, 5.41) is 9.28. The summed E-state index contributed by atoms with van der Waals surface area (Å²) in [6.07, 6.45) is 0. The fraction of sp³-hybridized carbons (Fsp3) is 0.125.